The zero-order valence-electron chi connectivity index (χ0n) is 14.8. The van der Waals surface area contributed by atoms with E-state index in [2.05, 4.69) is 28.7 Å². The van der Waals surface area contributed by atoms with Gasteiger partial charge in [-0.25, -0.2) is 0 Å². The van der Waals surface area contributed by atoms with Crippen molar-refractivity contribution in [2.75, 3.05) is 23.4 Å². The second kappa shape index (κ2) is 5.52. The van der Waals surface area contributed by atoms with Crippen molar-refractivity contribution in [3.05, 3.63) is 33.1 Å². The van der Waals surface area contributed by atoms with Crippen LogP contribution in [0.15, 0.2) is 11.0 Å². The summed E-state index contributed by atoms with van der Waals surface area (Å²) in [6.07, 6.45) is 6.88. The van der Waals surface area contributed by atoms with E-state index in [0.717, 1.165) is 40.8 Å². The second-order valence-corrected chi connectivity index (χ2v) is 7.32. The maximum absolute atomic E-state index is 12.9. The third-order valence-corrected chi connectivity index (χ3v) is 5.61. The Hall–Kier alpha value is -2.01. The van der Waals surface area contributed by atoms with E-state index < -0.39 is 0 Å². The summed E-state index contributed by atoms with van der Waals surface area (Å²) in [4.78, 5) is 15.4. The summed E-state index contributed by atoms with van der Waals surface area (Å²) < 4.78 is 2.32. The molecule has 1 aromatic carbocycles. The standard InChI is InChI=1S/C19H26N4O/c1-11-10-23(14-6-7-14)18-13(3)17(22-8-4-5-9-22)12(2)16(21-20)15(18)19(11)24/h10,14,21H,4-9,20H2,1-3H3. The van der Waals surface area contributed by atoms with E-state index in [1.165, 1.54) is 36.9 Å². The minimum Gasteiger partial charge on any atom is -0.371 e. The number of hydrogen-bond donors (Lipinski definition) is 2. The zero-order valence-corrected chi connectivity index (χ0v) is 14.8. The monoisotopic (exact) mass is 326 g/mol. The summed E-state index contributed by atoms with van der Waals surface area (Å²) in [5.41, 5.74) is 9.14. The number of aromatic nitrogens is 1. The lowest BCUT2D eigenvalue weighted by molar-refractivity contribution is 0.759. The molecule has 1 saturated carbocycles. The van der Waals surface area contributed by atoms with Crippen LogP contribution in [0, 0.1) is 20.8 Å². The Labute approximate surface area is 142 Å². The molecule has 128 valence electrons. The molecule has 0 radical (unpaired) electrons. The molecule has 4 rings (SSSR count). The van der Waals surface area contributed by atoms with Crippen LogP contribution < -0.4 is 21.6 Å². The minimum absolute atomic E-state index is 0.0917. The number of hydrazine groups is 1. The molecular formula is C19H26N4O. The first kappa shape index (κ1) is 15.5. The van der Waals surface area contributed by atoms with Gasteiger partial charge in [-0.05, 0) is 57.6 Å². The molecule has 2 fully saturated rings. The largest absolute Gasteiger partial charge is 0.371 e. The Kier molecular flexibility index (Phi) is 3.57. The Morgan fingerprint density at radius 1 is 1.12 bits per heavy atom. The van der Waals surface area contributed by atoms with E-state index in [4.69, 9.17) is 5.84 Å². The van der Waals surface area contributed by atoms with Gasteiger partial charge < -0.3 is 14.9 Å². The SMILES string of the molecule is Cc1c(N2CCCC2)c(C)c2c(c1NN)c(=O)c(C)cn2C1CC1. The Bertz CT molecular complexity index is 874. The molecule has 0 bridgehead atoms. The maximum atomic E-state index is 12.9. The fraction of sp³-hybridized carbons (Fsp3) is 0.526. The molecule has 2 heterocycles. The molecule has 5 nitrogen and oxygen atoms in total. The highest BCUT2D eigenvalue weighted by molar-refractivity contribution is 6.00. The van der Waals surface area contributed by atoms with Crippen LogP contribution in [0.4, 0.5) is 11.4 Å². The average molecular weight is 326 g/mol. The first-order valence-corrected chi connectivity index (χ1v) is 8.94. The number of nitrogen functional groups attached to an aromatic ring is 1. The van der Waals surface area contributed by atoms with E-state index in [9.17, 15) is 4.79 Å². The minimum atomic E-state index is 0.0917. The fourth-order valence-electron chi connectivity index (χ4n) is 4.31. The molecule has 0 spiro atoms. The summed E-state index contributed by atoms with van der Waals surface area (Å²) in [6, 6.07) is 0.519. The summed E-state index contributed by atoms with van der Waals surface area (Å²) >= 11 is 0. The molecule has 1 aliphatic heterocycles. The van der Waals surface area contributed by atoms with Crippen LogP contribution in [0.5, 0.6) is 0 Å². The number of nitrogens with zero attached hydrogens (tertiary/aromatic N) is 2. The van der Waals surface area contributed by atoms with Gasteiger partial charge in [0.15, 0.2) is 5.43 Å². The normalized spacial score (nSPS) is 17.8. The smallest absolute Gasteiger partial charge is 0.194 e. The van der Waals surface area contributed by atoms with E-state index >= 15 is 0 Å². The highest BCUT2D eigenvalue weighted by Crippen LogP contribution is 2.43. The molecule has 0 amide bonds. The van der Waals surface area contributed by atoms with Crippen molar-refractivity contribution in [3.63, 3.8) is 0 Å². The third-order valence-electron chi connectivity index (χ3n) is 5.61. The molecule has 1 aliphatic carbocycles. The van der Waals surface area contributed by atoms with Crippen molar-refractivity contribution < 1.29 is 0 Å². The molecule has 1 saturated heterocycles. The van der Waals surface area contributed by atoms with Crippen molar-refractivity contribution in [2.24, 2.45) is 5.84 Å². The van der Waals surface area contributed by atoms with Gasteiger partial charge >= 0.3 is 0 Å². The van der Waals surface area contributed by atoms with Crippen molar-refractivity contribution in [1.82, 2.24) is 4.57 Å². The van der Waals surface area contributed by atoms with Gasteiger partial charge in [0, 0.05) is 36.6 Å². The molecule has 2 aliphatic rings. The van der Waals surface area contributed by atoms with Crippen LogP contribution in [0.25, 0.3) is 10.9 Å². The van der Waals surface area contributed by atoms with Gasteiger partial charge in [0.05, 0.1) is 16.6 Å². The number of benzene rings is 1. The fourth-order valence-corrected chi connectivity index (χ4v) is 4.31. The highest BCUT2D eigenvalue weighted by atomic mass is 16.1. The van der Waals surface area contributed by atoms with Gasteiger partial charge in [-0.2, -0.15) is 0 Å². The van der Waals surface area contributed by atoms with E-state index in [0.29, 0.717) is 6.04 Å². The number of anilines is 2. The summed E-state index contributed by atoms with van der Waals surface area (Å²) in [5, 5.41) is 0.752. The number of fused-ring (bicyclic) bond motifs is 1. The molecule has 1 aromatic heterocycles. The zero-order chi connectivity index (χ0) is 17.0. The quantitative estimate of drug-likeness (QED) is 0.672. The van der Waals surface area contributed by atoms with E-state index in [1.54, 1.807) is 0 Å². The molecule has 0 unspecified atom stereocenters. The summed E-state index contributed by atoms with van der Waals surface area (Å²) in [6.45, 7) is 8.31. The predicted octanol–water partition coefficient (Wildman–Crippen LogP) is 3.15. The van der Waals surface area contributed by atoms with Gasteiger partial charge in [-0.1, -0.05) is 0 Å². The van der Waals surface area contributed by atoms with E-state index in [-0.39, 0.29) is 5.43 Å². The first-order chi connectivity index (χ1) is 11.5. The van der Waals surface area contributed by atoms with Gasteiger partial charge in [0.2, 0.25) is 0 Å². The lowest BCUT2D eigenvalue weighted by atomic mass is 9.98. The van der Waals surface area contributed by atoms with Gasteiger partial charge in [-0.15, -0.1) is 0 Å². The van der Waals surface area contributed by atoms with Crippen LogP contribution in [-0.4, -0.2) is 17.7 Å². The highest BCUT2D eigenvalue weighted by Gasteiger charge is 2.29. The van der Waals surface area contributed by atoms with Crippen LogP contribution >= 0.6 is 0 Å². The van der Waals surface area contributed by atoms with E-state index in [1.807, 2.05) is 13.1 Å². The average Bonchev–Trinajstić information content (AvgIpc) is 3.27. The molecule has 0 atom stereocenters. The number of nitrogens with one attached hydrogen (secondary N) is 1. The van der Waals surface area contributed by atoms with Crippen LogP contribution in [0.2, 0.25) is 0 Å². The van der Waals surface area contributed by atoms with Gasteiger partial charge in [-0.3, -0.25) is 10.6 Å². The van der Waals surface area contributed by atoms with Crippen molar-refractivity contribution >= 4 is 22.3 Å². The lowest BCUT2D eigenvalue weighted by Crippen LogP contribution is -2.24. The van der Waals surface area contributed by atoms with Gasteiger partial charge in [0.25, 0.3) is 0 Å². The van der Waals surface area contributed by atoms with Crippen molar-refractivity contribution in [1.29, 1.82) is 0 Å². The van der Waals surface area contributed by atoms with Crippen LogP contribution in [-0.2, 0) is 0 Å². The Morgan fingerprint density at radius 3 is 2.38 bits per heavy atom. The molecule has 24 heavy (non-hydrogen) atoms. The second-order valence-electron chi connectivity index (χ2n) is 7.32. The molecule has 2 aromatic rings. The summed E-state index contributed by atoms with van der Waals surface area (Å²) in [5.74, 6) is 5.88. The Morgan fingerprint density at radius 2 is 1.79 bits per heavy atom. The van der Waals surface area contributed by atoms with Crippen LogP contribution in [0.3, 0.4) is 0 Å². The number of aryl methyl sites for hydroxylation is 2. The molecular weight excluding hydrogens is 300 g/mol. The topological polar surface area (TPSA) is 63.3 Å². The molecule has 5 heteroatoms. The van der Waals surface area contributed by atoms with Crippen molar-refractivity contribution in [3.8, 4) is 0 Å². The molecule has 3 N–H and O–H groups in total. The Balaban J connectivity index is 2.14. The maximum Gasteiger partial charge on any atom is 0.194 e. The number of pyridine rings is 1. The lowest BCUT2D eigenvalue weighted by Gasteiger charge is -2.27. The number of nitrogens with two attached hydrogens (primary N) is 1. The van der Waals surface area contributed by atoms with Gasteiger partial charge in [0.1, 0.15) is 0 Å². The summed E-state index contributed by atoms with van der Waals surface area (Å²) in [7, 11) is 0. The number of rotatable bonds is 3. The first-order valence-electron chi connectivity index (χ1n) is 8.94. The number of hydrogen-bond acceptors (Lipinski definition) is 4. The van der Waals surface area contributed by atoms with Crippen molar-refractivity contribution in [2.45, 2.75) is 52.5 Å². The third kappa shape index (κ3) is 2.14. The van der Waals surface area contributed by atoms with Crippen LogP contribution in [0.1, 0.15) is 48.4 Å². The predicted molar refractivity (Wildman–Crippen MR) is 99.9 cm³/mol.